The second-order valence-electron chi connectivity index (χ2n) is 4.70. The number of nitrogens with zero attached hydrogens (tertiary/aromatic N) is 2. The number of anilines is 2. The monoisotopic (exact) mass is 301 g/mol. The average Bonchev–Trinajstić information content (AvgIpc) is 3.11. The van der Waals surface area contributed by atoms with Gasteiger partial charge in [0.25, 0.3) is 0 Å². The Morgan fingerprint density at radius 3 is 2.70 bits per heavy atom. The minimum Gasteiger partial charge on any atom is -0.325 e. The van der Waals surface area contributed by atoms with Gasteiger partial charge in [0.05, 0.1) is 11.3 Å². The van der Waals surface area contributed by atoms with E-state index < -0.39 is 11.7 Å². The van der Waals surface area contributed by atoms with E-state index in [1.165, 1.54) is 12.1 Å². The molecule has 1 aliphatic rings. The molecule has 3 nitrogen and oxygen atoms in total. The molecule has 0 bridgehead atoms. The Balaban J connectivity index is 1.96. The molecular weight excluding hydrogens is 291 g/mol. The normalized spacial score (nSPS) is 15.4. The Hall–Kier alpha value is -1.69. The van der Waals surface area contributed by atoms with Crippen LogP contribution in [-0.4, -0.2) is 9.55 Å². The van der Waals surface area contributed by atoms with Crippen molar-refractivity contribution in [3.63, 3.8) is 0 Å². The summed E-state index contributed by atoms with van der Waals surface area (Å²) >= 11 is 5.65. The lowest BCUT2D eigenvalue weighted by Crippen LogP contribution is -2.10. The van der Waals surface area contributed by atoms with Gasteiger partial charge < -0.3 is 9.88 Å². The Morgan fingerprint density at radius 1 is 1.30 bits per heavy atom. The van der Waals surface area contributed by atoms with Crippen molar-refractivity contribution in [1.82, 2.24) is 9.55 Å². The lowest BCUT2D eigenvalue weighted by Gasteiger charge is -2.15. The third-order valence-electron chi connectivity index (χ3n) is 3.14. The lowest BCUT2D eigenvalue weighted by molar-refractivity contribution is -0.136. The molecule has 0 amide bonds. The van der Waals surface area contributed by atoms with Gasteiger partial charge in [-0.15, -0.1) is 0 Å². The minimum absolute atomic E-state index is 0.0463. The van der Waals surface area contributed by atoms with Gasteiger partial charge in [0.1, 0.15) is 0 Å². The number of halogens is 4. The van der Waals surface area contributed by atoms with E-state index in [9.17, 15) is 13.2 Å². The number of imidazole rings is 1. The van der Waals surface area contributed by atoms with Crippen LogP contribution in [0.3, 0.4) is 0 Å². The Kier molecular flexibility index (Phi) is 3.12. The number of hydrogen-bond donors (Lipinski definition) is 1. The van der Waals surface area contributed by atoms with Crippen LogP contribution in [0.15, 0.2) is 30.6 Å². The molecule has 1 N–H and O–H groups in total. The molecule has 1 saturated carbocycles. The molecule has 0 spiro atoms. The second kappa shape index (κ2) is 4.70. The summed E-state index contributed by atoms with van der Waals surface area (Å²) in [5, 5.41) is 2.80. The molecule has 1 aromatic heterocycles. The first kappa shape index (κ1) is 13.3. The largest absolute Gasteiger partial charge is 0.418 e. The summed E-state index contributed by atoms with van der Waals surface area (Å²) in [5.74, 6) is 0.417. The van der Waals surface area contributed by atoms with E-state index in [1.807, 2.05) is 4.57 Å². The number of rotatable bonds is 3. The molecule has 0 saturated heterocycles. The topological polar surface area (TPSA) is 29.9 Å². The van der Waals surface area contributed by atoms with Gasteiger partial charge in [0.15, 0.2) is 0 Å². The molecule has 106 valence electrons. The van der Waals surface area contributed by atoms with Crippen LogP contribution < -0.4 is 5.32 Å². The van der Waals surface area contributed by atoms with Gasteiger partial charge in [-0.1, -0.05) is 11.6 Å². The Labute approximate surface area is 118 Å². The van der Waals surface area contributed by atoms with E-state index in [2.05, 4.69) is 10.3 Å². The molecule has 0 atom stereocenters. The van der Waals surface area contributed by atoms with Crippen LogP contribution in [0.1, 0.15) is 24.4 Å². The van der Waals surface area contributed by atoms with Crippen LogP contribution in [-0.2, 0) is 6.18 Å². The fraction of sp³-hybridized carbons (Fsp3) is 0.308. The maximum atomic E-state index is 13.0. The van der Waals surface area contributed by atoms with Crippen molar-refractivity contribution in [1.29, 1.82) is 0 Å². The third kappa shape index (κ3) is 2.60. The van der Waals surface area contributed by atoms with Crippen molar-refractivity contribution in [2.75, 3.05) is 5.32 Å². The standard InChI is InChI=1S/C13H11ClF3N3/c14-8-1-4-11(10(7-8)13(15,16)17)19-12-18-5-6-20(12)9-2-3-9/h1,4-7,9H,2-3H2,(H,18,19). The fourth-order valence-electron chi connectivity index (χ4n) is 2.04. The van der Waals surface area contributed by atoms with E-state index in [4.69, 9.17) is 11.6 Å². The van der Waals surface area contributed by atoms with Crippen molar-refractivity contribution in [2.45, 2.75) is 25.1 Å². The van der Waals surface area contributed by atoms with E-state index in [0.29, 0.717) is 12.0 Å². The van der Waals surface area contributed by atoms with Crippen LogP contribution in [0.5, 0.6) is 0 Å². The first-order chi connectivity index (χ1) is 9.45. The van der Waals surface area contributed by atoms with Crippen molar-refractivity contribution in [3.05, 3.63) is 41.2 Å². The number of alkyl halides is 3. The van der Waals surface area contributed by atoms with Crippen molar-refractivity contribution < 1.29 is 13.2 Å². The number of aromatic nitrogens is 2. The summed E-state index contributed by atoms with van der Waals surface area (Å²) in [7, 11) is 0. The molecule has 1 aliphatic carbocycles. The zero-order chi connectivity index (χ0) is 14.3. The van der Waals surface area contributed by atoms with Crippen molar-refractivity contribution >= 4 is 23.2 Å². The molecule has 3 rings (SSSR count). The number of nitrogens with one attached hydrogen (secondary N) is 1. The van der Waals surface area contributed by atoms with E-state index in [0.717, 1.165) is 18.9 Å². The number of hydrogen-bond acceptors (Lipinski definition) is 2. The highest BCUT2D eigenvalue weighted by atomic mass is 35.5. The zero-order valence-corrected chi connectivity index (χ0v) is 11.0. The molecule has 0 radical (unpaired) electrons. The molecule has 1 fully saturated rings. The van der Waals surface area contributed by atoms with Crippen molar-refractivity contribution in [3.8, 4) is 0 Å². The van der Waals surface area contributed by atoms with Crippen LogP contribution in [0.25, 0.3) is 0 Å². The predicted octanol–water partition coefficient (Wildman–Crippen LogP) is 4.63. The highest BCUT2D eigenvalue weighted by molar-refractivity contribution is 6.30. The first-order valence-electron chi connectivity index (χ1n) is 6.12. The average molecular weight is 302 g/mol. The van der Waals surface area contributed by atoms with Gasteiger partial charge >= 0.3 is 6.18 Å². The molecule has 1 heterocycles. The highest BCUT2D eigenvalue weighted by Gasteiger charge is 2.34. The fourth-order valence-corrected chi connectivity index (χ4v) is 2.21. The van der Waals surface area contributed by atoms with Gasteiger partial charge in [-0.2, -0.15) is 13.2 Å². The maximum absolute atomic E-state index is 13.0. The lowest BCUT2D eigenvalue weighted by atomic mass is 10.1. The van der Waals surface area contributed by atoms with E-state index in [1.54, 1.807) is 12.4 Å². The molecule has 2 aromatic rings. The Morgan fingerprint density at radius 2 is 2.05 bits per heavy atom. The summed E-state index contributed by atoms with van der Waals surface area (Å²) in [4.78, 5) is 4.07. The van der Waals surface area contributed by atoms with Crippen LogP contribution in [0.4, 0.5) is 24.8 Å². The molecule has 20 heavy (non-hydrogen) atoms. The smallest absolute Gasteiger partial charge is 0.325 e. The van der Waals surface area contributed by atoms with E-state index >= 15 is 0 Å². The van der Waals surface area contributed by atoms with Crippen LogP contribution >= 0.6 is 11.6 Å². The molecule has 1 aromatic carbocycles. The minimum atomic E-state index is -4.47. The third-order valence-corrected chi connectivity index (χ3v) is 3.38. The van der Waals surface area contributed by atoms with E-state index in [-0.39, 0.29) is 10.7 Å². The van der Waals surface area contributed by atoms with Crippen LogP contribution in [0.2, 0.25) is 5.02 Å². The van der Waals surface area contributed by atoms with Gasteiger partial charge in [-0.3, -0.25) is 0 Å². The molecule has 7 heteroatoms. The highest BCUT2D eigenvalue weighted by Crippen LogP contribution is 2.40. The van der Waals surface area contributed by atoms with Gasteiger partial charge in [-0.05, 0) is 31.0 Å². The number of benzene rings is 1. The zero-order valence-electron chi connectivity index (χ0n) is 10.3. The second-order valence-corrected chi connectivity index (χ2v) is 5.14. The van der Waals surface area contributed by atoms with Gasteiger partial charge in [-0.25, -0.2) is 4.98 Å². The summed E-state index contributed by atoms with van der Waals surface area (Å²) in [5.41, 5.74) is -0.842. The van der Waals surface area contributed by atoms with Gasteiger partial charge in [0.2, 0.25) is 5.95 Å². The summed E-state index contributed by atoms with van der Waals surface area (Å²) in [6.45, 7) is 0. The summed E-state index contributed by atoms with van der Waals surface area (Å²) in [6, 6.07) is 3.98. The molecular formula is C13H11ClF3N3. The first-order valence-corrected chi connectivity index (χ1v) is 6.49. The quantitative estimate of drug-likeness (QED) is 0.895. The predicted molar refractivity (Wildman–Crippen MR) is 70.2 cm³/mol. The maximum Gasteiger partial charge on any atom is 0.418 e. The SMILES string of the molecule is FC(F)(F)c1cc(Cl)ccc1Nc1nccn1C1CC1. The van der Waals surface area contributed by atoms with Crippen molar-refractivity contribution in [2.24, 2.45) is 0 Å². The summed E-state index contributed by atoms with van der Waals surface area (Å²) < 4.78 is 40.9. The summed E-state index contributed by atoms with van der Waals surface area (Å²) in [6.07, 6.45) is 0.923. The van der Waals surface area contributed by atoms with Gasteiger partial charge in [0, 0.05) is 23.5 Å². The van der Waals surface area contributed by atoms with Crippen LogP contribution in [0, 0.1) is 0 Å². The Bertz CT molecular complexity index is 632. The molecule has 0 unspecified atom stereocenters. The molecule has 0 aliphatic heterocycles.